The maximum Gasteiger partial charge on any atom is 0.226 e. The van der Waals surface area contributed by atoms with Gasteiger partial charge in [-0.3, -0.25) is 4.79 Å². The largest absolute Gasteiger partial charge is 0.356 e. The second kappa shape index (κ2) is 6.76. The molecule has 0 aliphatic rings. The number of hydrogen-bond donors (Lipinski definition) is 1. The van der Waals surface area contributed by atoms with E-state index in [4.69, 9.17) is 0 Å². The lowest BCUT2D eigenvalue weighted by atomic mass is 9.61. The Labute approximate surface area is 120 Å². The van der Waals surface area contributed by atoms with Crippen molar-refractivity contribution in [2.24, 2.45) is 16.2 Å². The standard InChI is InChI=1S/C17H35NO/c1-9-10-11-12-18-14(19)17(8,16(5,6)7)13-15(2,3)4/h9-13H2,1-8H3,(H,18,19). The van der Waals surface area contributed by atoms with Gasteiger partial charge in [0.05, 0.1) is 5.41 Å². The highest BCUT2D eigenvalue weighted by atomic mass is 16.2. The van der Waals surface area contributed by atoms with E-state index in [9.17, 15) is 4.79 Å². The summed E-state index contributed by atoms with van der Waals surface area (Å²) in [6, 6.07) is 0. The van der Waals surface area contributed by atoms with Crippen LogP contribution < -0.4 is 5.32 Å². The van der Waals surface area contributed by atoms with Crippen LogP contribution in [-0.2, 0) is 4.79 Å². The van der Waals surface area contributed by atoms with Crippen molar-refractivity contribution < 1.29 is 4.79 Å². The Morgan fingerprint density at radius 2 is 1.47 bits per heavy atom. The van der Waals surface area contributed by atoms with E-state index in [-0.39, 0.29) is 22.2 Å². The van der Waals surface area contributed by atoms with Gasteiger partial charge in [-0.05, 0) is 23.7 Å². The van der Waals surface area contributed by atoms with Crippen LogP contribution in [0, 0.1) is 16.2 Å². The van der Waals surface area contributed by atoms with Crippen LogP contribution in [0.2, 0.25) is 0 Å². The van der Waals surface area contributed by atoms with E-state index in [2.05, 4.69) is 60.7 Å². The van der Waals surface area contributed by atoms with Gasteiger partial charge in [0.25, 0.3) is 0 Å². The molecule has 2 nitrogen and oxygen atoms in total. The Balaban J connectivity index is 4.81. The van der Waals surface area contributed by atoms with Crippen molar-refractivity contribution in [3.05, 3.63) is 0 Å². The van der Waals surface area contributed by atoms with Gasteiger partial charge < -0.3 is 5.32 Å². The lowest BCUT2D eigenvalue weighted by Gasteiger charge is -2.44. The molecule has 0 fully saturated rings. The van der Waals surface area contributed by atoms with Crippen molar-refractivity contribution in [1.29, 1.82) is 0 Å². The molecular formula is C17H35NO. The van der Waals surface area contributed by atoms with Gasteiger partial charge in [-0.25, -0.2) is 0 Å². The normalized spacial score (nSPS) is 16.0. The lowest BCUT2D eigenvalue weighted by molar-refractivity contribution is -0.138. The molecule has 0 saturated carbocycles. The number of unbranched alkanes of at least 4 members (excludes halogenated alkanes) is 2. The smallest absolute Gasteiger partial charge is 0.226 e. The Kier molecular flexibility index (Phi) is 6.57. The molecule has 0 bridgehead atoms. The van der Waals surface area contributed by atoms with Crippen LogP contribution in [0.3, 0.4) is 0 Å². The summed E-state index contributed by atoms with van der Waals surface area (Å²) in [5.41, 5.74) is -0.199. The molecule has 19 heavy (non-hydrogen) atoms. The van der Waals surface area contributed by atoms with Crippen LogP contribution in [0.4, 0.5) is 0 Å². The molecule has 0 saturated heterocycles. The van der Waals surface area contributed by atoms with Crippen LogP contribution in [-0.4, -0.2) is 12.5 Å². The van der Waals surface area contributed by atoms with Gasteiger partial charge in [0.1, 0.15) is 0 Å². The van der Waals surface area contributed by atoms with Crippen LogP contribution >= 0.6 is 0 Å². The Morgan fingerprint density at radius 1 is 0.947 bits per heavy atom. The third-order valence-corrected chi connectivity index (χ3v) is 4.11. The average molecular weight is 269 g/mol. The SMILES string of the molecule is CCCCCNC(=O)C(C)(CC(C)(C)C)C(C)(C)C. The maximum absolute atomic E-state index is 12.6. The fraction of sp³-hybridized carbons (Fsp3) is 0.941. The summed E-state index contributed by atoms with van der Waals surface area (Å²) in [6.07, 6.45) is 4.36. The molecule has 0 aliphatic carbocycles. The predicted molar refractivity (Wildman–Crippen MR) is 84.2 cm³/mol. The second-order valence-corrected chi connectivity index (χ2v) is 8.28. The summed E-state index contributed by atoms with van der Waals surface area (Å²) in [6.45, 7) is 18.2. The predicted octanol–water partition coefficient (Wildman–Crippen LogP) is 4.78. The van der Waals surface area contributed by atoms with Gasteiger partial charge >= 0.3 is 0 Å². The van der Waals surface area contributed by atoms with E-state index in [0.717, 1.165) is 19.4 Å². The maximum atomic E-state index is 12.6. The first kappa shape index (κ1) is 18.5. The summed E-state index contributed by atoms with van der Waals surface area (Å²) in [7, 11) is 0. The van der Waals surface area contributed by atoms with Crippen molar-refractivity contribution in [2.75, 3.05) is 6.54 Å². The second-order valence-electron chi connectivity index (χ2n) is 8.28. The molecule has 1 N–H and O–H groups in total. The molecular weight excluding hydrogens is 234 g/mol. The van der Waals surface area contributed by atoms with Crippen LogP contribution in [0.25, 0.3) is 0 Å². The molecule has 0 aliphatic heterocycles. The van der Waals surface area contributed by atoms with E-state index in [0.29, 0.717) is 0 Å². The van der Waals surface area contributed by atoms with Crippen LogP contribution in [0.5, 0.6) is 0 Å². The minimum Gasteiger partial charge on any atom is -0.356 e. The van der Waals surface area contributed by atoms with Crippen molar-refractivity contribution in [3.8, 4) is 0 Å². The van der Waals surface area contributed by atoms with Crippen molar-refractivity contribution >= 4 is 5.91 Å². The molecule has 0 spiro atoms. The number of amides is 1. The van der Waals surface area contributed by atoms with Gasteiger partial charge in [0.2, 0.25) is 5.91 Å². The fourth-order valence-electron chi connectivity index (χ4n) is 2.52. The highest BCUT2D eigenvalue weighted by Gasteiger charge is 2.46. The monoisotopic (exact) mass is 269 g/mol. The molecule has 0 heterocycles. The van der Waals surface area contributed by atoms with E-state index in [1.54, 1.807) is 0 Å². The number of carbonyl (C=O) groups is 1. The Morgan fingerprint density at radius 3 is 1.84 bits per heavy atom. The molecule has 0 rings (SSSR count). The molecule has 1 atom stereocenters. The Hall–Kier alpha value is -0.530. The van der Waals surface area contributed by atoms with E-state index in [1.165, 1.54) is 12.8 Å². The number of rotatable bonds is 6. The quantitative estimate of drug-likeness (QED) is 0.691. The number of hydrogen-bond acceptors (Lipinski definition) is 1. The highest BCUT2D eigenvalue weighted by molar-refractivity contribution is 5.83. The summed E-state index contributed by atoms with van der Waals surface area (Å²) in [4.78, 5) is 12.6. The third kappa shape index (κ3) is 5.97. The van der Waals surface area contributed by atoms with Crippen molar-refractivity contribution in [1.82, 2.24) is 5.32 Å². The third-order valence-electron chi connectivity index (χ3n) is 4.11. The zero-order valence-corrected chi connectivity index (χ0v) is 14.4. The van der Waals surface area contributed by atoms with Crippen LogP contribution in [0.15, 0.2) is 0 Å². The molecule has 0 aromatic carbocycles. The minimum atomic E-state index is -0.322. The zero-order chi connectivity index (χ0) is 15.3. The molecule has 2 heteroatoms. The lowest BCUT2D eigenvalue weighted by Crippen LogP contribution is -2.49. The average Bonchev–Trinajstić information content (AvgIpc) is 2.20. The van der Waals surface area contributed by atoms with Crippen molar-refractivity contribution in [2.45, 2.75) is 81.1 Å². The number of nitrogens with one attached hydrogen (secondary N) is 1. The van der Waals surface area contributed by atoms with Gasteiger partial charge in [-0.1, -0.05) is 68.2 Å². The topological polar surface area (TPSA) is 29.1 Å². The summed E-state index contributed by atoms with van der Waals surface area (Å²) < 4.78 is 0. The van der Waals surface area contributed by atoms with E-state index < -0.39 is 0 Å². The number of carbonyl (C=O) groups excluding carboxylic acids is 1. The Bertz CT molecular complexity index is 283. The van der Waals surface area contributed by atoms with Gasteiger partial charge in [0.15, 0.2) is 0 Å². The highest BCUT2D eigenvalue weighted by Crippen LogP contribution is 2.46. The molecule has 0 radical (unpaired) electrons. The van der Waals surface area contributed by atoms with Crippen LogP contribution in [0.1, 0.15) is 81.1 Å². The van der Waals surface area contributed by atoms with Gasteiger partial charge in [-0.2, -0.15) is 0 Å². The molecule has 1 unspecified atom stereocenters. The summed E-state index contributed by atoms with van der Waals surface area (Å²) in [5.74, 6) is 0.214. The zero-order valence-electron chi connectivity index (χ0n) is 14.4. The molecule has 0 aromatic rings. The van der Waals surface area contributed by atoms with Gasteiger partial charge in [-0.15, -0.1) is 0 Å². The van der Waals surface area contributed by atoms with Crippen molar-refractivity contribution in [3.63, 3.8) is 0 Å². The molecule has 0 aromatic heterocycles. The molecule has 1 amide bonds. The summed E-state index contributed by atoms with van der Waals surface area (Å²) >= 11 is 0. The summed E-state index contributed by atoms with van der Waals surface area (Å²) in [5, 5.41) is 3.15. The first-order chi connectivity index (χ1) is 8.44. The first-order valence-electron chi connectivity index (χ1n) is 7.72. The first-order valence-corrected chi connectivity index (χ1v) is 7.72. The van der Waals surface area contributed by atoms with E-state index in [1.807, 2.05) is 0 Å². The van der Waals surface area contributed by atoms with Gasteiger partial charge in [0, 0.05) is 6.54 Å². The minimum absolute atomic E-state index is 0.0326. The molecule has 114 valence electrons. The fourth-order valence-corrected chi connectivity index (χ4v) is 2.52. The van der Waals surface area contributed by atoms with E-state index >= 15 is 0 Å².